The molecule has 7 heteroatoms. The fraction of sp³-hybridized carbons (Fsp3) is 0.357. The van der Waals surface area contributed by atoms with Crippen molar-refractivity contribution in [1.29, 1.82) is 0 Å². The molecule has 0 saturated carbocycles. The average molecular weight is 348 g/mol. The third-order valence-corrected chi connectivity index (χ3v) is 4.55. The maximum absolute atomic E-state index is 11.9. The van der Waals surface area contributed by atoms with Gasteiger partial charge in [-0.15, -0.1) is 11.3 Å². The molecule has 0 aliphatic rings. The zero-order chi connectivity index (χ0) is 15.2. The summed E-state index contributed by atoms with van der Waals surface area (Å²) in [6.45, 7) is -0.203. The molecule has 4 nitrogen and oxygen atoms in total. The third-order valence-electron chi connectivity index (χ3n) is 2.98. The highest BCUT2D eigenvalue weighted by Gasteiger charge is 2.16. The van der Waals surface area contributed by atoms with Gasteiger partial charge in [-0.3, -0.25) is 4.79 Å². The van der Waals surface area contributed by atoms with E-state index in [0.29, 0.717) is 33.7 Å². The molecular formula is C14H15Cl2NO3S. The number of carbonyl (C=O) groups excluding carboxylic acids is 1. The summed E-state index contributed by atoms with van der Waals surface area (Å²) >= 11 is 13.2. The number of hydrogen-bond donors (Lipinski definition) is 2. The zero-order valence-electron chi connectivity index (χ0n) is 11.1. The quantitative estimate of drug-likeness (QED) is 0.800. The summed E-state index contributed by atoms with van der Waals surface area (Å²) in [4.78, 5) is 11.9. The molecule has 0 saturated heterocycles. The number of halogens is 2. The summed E-state index contributed by atoms with van der Waals surface area (Å²) in [7, 11) is 0. The topological polar surface area (TPSA) is 62.5 Å². The molecule has 0 bridgehead atoms. The molecule has 0 radical (unpaired) electrons. The summed E-state index contributed by atoms with van der Waals surface area (Å²) in [5, 5.41) is 12.0. The van der Waals surface area contributed by atoms with Gasteiger partial charge in [-0.2, -0.15) is 0 Å². The van der Waals surface area contributed by atoms with Crippen LogP contribution in [0.4, 0.5) is 0 Å². The Morgan fingerprint density at radius 1 is 1.48 bits per heavy atom. The first-order valence-electron chi connectivity index (χ1n) is 6.47. The van der Waals surface area contributed by atoms with Crippen LogP contribution in [0.15, 0.2) is 28.9 Å². The summed E-state index contributed by atoms with van der Waals surface area (Å²) in [6.07, 6.45) is 3.21. The summed E-state index contributed by atoms with van der Waals surface area (Å²) in [5.41, 5.74) is 0.962. The van der Waals surface area contributed by atoms with E-state index in [9.17, 15) is 9.90 Å². The second kappa shape index (κ2) is 7.84. The number of aryl methyl sites for hydroxylation is 1. The van der Waals surface area contributed by atoms with Crippen LogP contribution in [0.2, 0.25) is 8.67 Å². The first-order chi connectivity index (χ1) is 10.1. The van der Waals surface area contributed by atoms with Gasteiger partial charge in [0.25, 0.3) is 0 Å². The van der Waals surface area contributed by atoms with Gasteiger partial charge < -0.3 is 14.8 Å². The summed E-state index contributed by atoms with van der Waals surface area (Å²) < 4.78 is 6.50. The standard InChI is InChI=1S/C14H15Cl2NO3S/c15-12-7-9(14(16)21-12)3-1-5-13(19)17-10(8-18)11-4-2-6-20-11/h2,4,6-7,10,18H,1,3,5,8H2,(H,17,19). The van der Waals surface area contributed by atoms with E-state index in [2.05, 4.69) is 5.32 Å². The van der Waals surface area contributed by atoms with Gasteiger partial charge in [-0.1, -0.05) is 23.2 Å². The van der Waals surface area contributed by atoms with Gasteiger partial charge in [0.15, 0.2) is 0 Å². The molecule has 0 spiro atoms. The van der Waals surface area contributed by atoms with E-state index in [4.69, 9.17) is 27.6 Å². The van der Waals surface area contributed by atoms with Crippen molar-refractivity contribution >= 4 is 40.4 Å². The van der Waals surface area contributed by atoms with E-state index in [0.717, 1.165) is 5.56 Å². The number of aliphatic hydroxyl groups is 1. The van der Waals surface area contributed by atoms with Crippen LogP contribution in [0.1, 0.15) is 30.2 Å². The zero-order valence-corrected chi connectivity index (χ0v) is 13.5. The normalized spacial score (nSPS) is 12.3. The Balaban J connectivity index is 1.78. The average Bonchev–Trinajstić information content (AvgIpc) is 3.06. The molecule has 2 aromatic rings. The first kappa shape index (κ1) is 16.4. The highest BCUT2D eigenvalue weighted by atomic mass is 35.5. The Morgan fingerprint density at radius 3 is 2.86 bits per heavy atom. The first-order valence-corrected chi connectivity index (χ1v) is 8.04. The van der Waals surface area contributed by atoms with Crippen molar-refractivity contribution in [2.75, 3.05) is 6.61 Å². The van der Waals surface area contributed by atoms with Crippen molar-refractivity contribution < 1.29 is 14.3 Å². The van der Waals surface area contributed by atoms with Crippen LogP contribution >= 0.6 is 34.5 Å². The molecular weight excluding hydrogens is 333 g/mol. The van der Waals surface area contributed by atoms with Crippen LogP contribution in [0.3, 0.4) is 0 Å². The van der Waals surface area contributed by atoms with Crippen LogP contribution in [0.5, 0.6) is 0 Å². The van der Waals surface area contributed by atoms with Gasteiger partial charge in [0.1, 0.15) is 11.8 Å². The highest BCUT2D eigenvalue weighted by molar-refractivity contribution is 7.20. The van der Waals surface area contributed by atoms with Crippen LogP contribution in [-0.4, -0.2) is 17.6 Å². The van der Waals surface area contributed by atoms with Crippen LogP contribution < -0.4 is 5.32 Å². The van der Waals surface area contributed by atoms with Crippen molar-refractivity contribution in [3.63, 3.8) is 0 Å². The van der Waals surface area contributed by atoms with Crippen molar-refractivity contribution in [3.8, 4) is 0 Å². The van der Waals surface area contributed by atoms with E-state index in [1.807, 2.05) is 6.07 Å². The summed E-state index contributed by atoms with van der Waals surface area (Å²) in [6, 6.07) is 4.75. The molecule has 1 unspecified atom stereocenters. The lowest BCUT2D eigenvalue weighted by atomic mass is 10.1. The number of carbonyl (C=O) groups is 1. The molecule has 2 rings (SSSR count). The number of thiophene rings is 1. The second-order valence-corrected chi connectivity index (χ2v) is 6.81. The van der Waals surface area contributed by atoms with Gasteiger partial charge in [0.2, 0.25) is 5.91 Å². The number of nitrogens with one attached hydrogen (secondary N) is 1. The maximum atomic E-state index is 11.9. The van der Waals surface area contributed by atoms with E-state index >= 15 is 0 Å². The molecule has 2 heterocycles. The SMILES string of the molecule is O=C(CCCc1cc(Cl)sc1Cl)NC(CO)c1ccco1. The van der Waals surface area contributed by atoms with Crippen molar-refractivity contribution in [3.05, 3.63) is 44.5 Å². The minimum atomic E-state index is -0.508. The van der Waals surface area contributed by atoms with Crippen LogP contribution in [0, 0.1) is 0 Å². The lowest BCUT2D eigenvalue weighted by molar-refractivity contribution is -0.122. The lowest BCUT2D eigenvalue weighted by Gasteiger charge is -2.13. The molecule has 21 heavy (non-hydrogen) atoms. The van der Waals surface area contributed by atoms with Crippen LogP contribution in [-0.2, 0) is 11.2 Å². The molecule has 1 atom stereocenters. The molecule has 114 valence electrons. The van der Waals surface area contributed by atoms with Gasteiger partial charge in [0, 0.05) is 6.42 Å². The number of furan rings is 1. The molecule has 0 aliphatic heterocycles. The predicted molar refractivity (Wildman–Crippen MR) is 84.0 cm³/mol. The van der Waals surface area contributed by atoms with E-state index < -0.39 is 6.04 Å². The van der Waals surface area contributed by atoms with Crippen molar-refractivity contribution in [2.24, 2.45) is 0 Å². The number of rotatable bonds is 7. The predicted octanol–water partition coefficient (Wildman–Crippen LogP) is 3.82. The van der Waals surface area contributed by atoms with Crippen LogP contribution in [0.25, 0.3) is 0 Å². The number of amides is 1. The van der Waals surface area contributed by atoms with Gasteiger partial charge >= 0.3 is 0 Å². The highest BCUT2D eigenvalue weighted by Crippen LogP contribution is 2.32. The fourth-order valence-corrected chi connectivity index (χ4v) is 3.49. The largest absolute Gasteiger partial charge is 0.467 e. The molecule has 0 fully saturated rings. The van der Waals surface area contributed by atoms with Crippen molar-refractivity contribution in [2.45, 2.75) is 25.3 Å². The third kappa shape index (κ3) is 4.74. The van der Waals surface area contributed by atoms with Crippen molar-refractivity contribution in [1.82, 2.24) is 5.32 Å². The van der Waals surface area contributed by atoms with Gasteiger partial charge in [-0.25, -0.2) is 0 Å². The van der Waals surface area contributed by atoms with E-state index in [1.165, 1.54) is 17.6 Å². The number of hydrogen-bond acceptors (Lipinski definition) is 4. The minimum Gasteiger partial charge on any atom is -0.467 e. The van der Waals surface area contributed by atoms with E-state index in [-0.39, 0.29) is 12.5 Å². The molecule has 2 aromatic heterocycles. The Hall–Kier alpha value is -1.01. The number of aliphatic hydroxyl groups excluding tert-OH is 1. The van der Waals surface area contributed by atoms with E-state index in [1.54, 1.807) is 12.1 Å². The molecule has 0 aliphatic carbocycles. The Labute approximate surface area is 136 Å². The maximum Gasteiger partial charge on any atom is 0.220 e. The fourth-order valence-electron chi connectivity index (χ4n) is 1.95. The molecule has 0 aromatic carbocycles. The smallest absolute Gasteiger partial charge is 0.220 e. The summed E-state index contributed by atoms with van der Waals surface area (Å²) in [5.74, 6) is 0.404. The molecule has 2 N–H and O–H groups in total. The van der Waals surface area contributed by atoms with Gasteiger partial charge in [0.05, 0.1) is 21.5 Å². The molecule has 1 amide bonds. The lowest BCUT2D eigenvalue weighted by Crippen LogP contribution is -2.30. The monoisotopic (exact) mass is 347 g/mol. The Bertz CT molecular complexity index is 583. The Morgan fingerprint density at radius 2 is 2.29 bits per heavy atom. The Kier molecular flexibility index (Phi) is 6.11. The second-order valence-electron chi connectivity index (χ2n) is 4.52. The van der Waals surface area contributed by atoms with Gasteiger partial charge in [-0.05, 0) is 36.6 Å². The minimum absolute atomic E-state index is 0.136.